The maximum absolute atomic E-state index is 5.62. The maximum Gasteiger partial charge on any atom is 0.0978 e. The first-order chi connectivity index (χ1) is 25.6. The van der Waals surface area contributed by atoms with Gasteiger partial charge in [0.25, 0.3) is 0 Å². The minimum Gasteiger partial charge on any atom is -0.245 e. The molecule has 0 aliphatic heterocycles. The van der Waals surface area contributed by atoms with Crippen LogP contribution in [0, 0.1) is 13.8 Å². The van der Waals surface area contributed by atoms with E-state index in [0.29, 0.717) is 0 Å². The third-order valence-corrected chi connectivity index (χ3v) is 10.2. The molecule has 246 valence electrons. The summed E-state index contributed by atoms with van der Waals surface area (Å²) in [6, 6.07) is 64.7. The second-order valence-corrected chi connectivity index (χ2v) is 13.4. The summed E-state index contributed by atoms with van der Waals surface area (Å²) in [5.74, 6) is 0. The first-order valence-electron chi connectivity index (χ1n) is 17.8. The fourth-order valence-electron chi connectivity index (χ4n) is 7.68. The number of aromatic nitrogens is 2. The molecule has 0 atom stereocenters. The van der Waals surface area contributed by atoms with Gasteiger partial charge in [0.1, 0.15) is 0 Å². The highest BCUT2D eigenvalue weighted by molar-refractivity contribution is 6.14. The molecule has 0 amide bonds. The van der Waals surface area contributed by atoms with Gasteiger partial charge in [-0.2, -0.15) is 0 Å². The molecule has 0 aliphatic rings. The predicted molar refractivity (Wildman–Crippen MR) is 219 cm³/mol. The van der Waals surface area contributed by atoms with Crippen molar-refractivity contribution in [3.8, 4) is 67.0 Å². The quantitative estimate of drug-likeness (QED) is 0.165. The summed E-state index contributed by atoms with van der Waals surface area (Å²) in [5.41, 5.74) is 17.5. The Morgan fingerprint density at radius 3 is 0.981 bits per heavy atom. The van der Waals surface area contributed by atoms with Gasteiger partial charge in [0.2, 0.25) is 0 Å². The molecule has 0 saturated carbocycles. The van der Waals surface area contributed by atoms with Crippen LogP contribution in [0.2, 0.25) is 0 Å². The molecule has 2 heteroatoms. The van der Waals surface area contributed by atoms with Crippen LogP contribution in [0.25, 0.3) is 88.8 Å². The summed E-state index contributed by atoms with van der Waals surface area (Å²) in [6.45, 7) is 4.37. The molecule has 0 unspecified atom stereocenters. The molecule has 2 nitrogen and oxygen atoms in total. The summed E-state index contributed by atoms with van der Waals surface area (Å²) < 4.78 is 0. The number of fused-ring (bicyclic) bond motifs is 3. The normalized spacial score (nSPS) is 11.3. The third kappa shape index (κ3) is 5.55. The Kier molecular flexibility index (Phi) is 7.98. The number of rotatable bonds is 6. The van der Waals surface area contributed by atoms with E-state index in [0.717, 1.165) is 77.7 Å². The van der Waals surface area contributed by atoms with Crippen LogP contribution in [-0.4, -0.2) is 9.97 Å². The zero-order valence-corrected chi connectivity index (χ0v) is 29.2. The van der Waals surface area contributed by atoms with Crippen LogP contribution in [-0.2, 0) is 0 Å². The van der Waals surface area contributed by atoms with Gasteiger partial charge >= 0.3 is 0 Å². The van der Waals surface area contributed by atoms with E-state index in [1.54, 1.807) is 0 Å². The number of pyridine rings is 2. The van der Waals surface area contributed by atoms with Crippen molar-refractivity contribution in [2.75, 3.05) is 0 Å². The van der Waals surface area contributed by atoms with Crippen LogP contribution in [0.15, 0.2) is 182 Å². The molecule has 0 N–H and O–H groups in total. The first kappa shape index (κ1) is 31.3. The van der Waals surface area contributed by atoms with Crippen molar-refractivity contribution in [1.29, 1.82) is 0 Å². The third-order valence-electron chi connectivity index (χ3n) is 10.2. The van der Waals surface area contributed by atoms with Crippen LogP contribution in [0.1, 0.15) is 11.1 Å². The minimum atomic E-state index is 0.894. The van der Waals surface area contributed by atoms with Gasteiger partial charge in [-0.25, -0.2) is 9.97 Å². The second-order valence-electron chi connectivity index (χ2n) is 13.4. The van der Waals surface area contributed by atoms with Gasteiger partial charge in [-0.15, -0.1) is 0 Å². The predicted octanol–water partition coefficient (Wildman–Crippen LogP) is 13.4. The molecule has 0 saturated heterocycles. The summed E-state index contributed by atoms with van der Waals surface area (Å²) in [5, 5.41) is 2.16. The van der Waals surface area contributed by atoms with Crippen molar-refractivity contribution in [2.45, 2.75) is 13.8 Å². The molecule has 9 aromatic rings. The second kappa shape index (κ2) is 13.2. The van der Waals surface area contributed by atoms with E-state index in [4.69, 9.17) is 9.97 Å². The first-order valence-corrected chi connectivity index (χ1v) is 17.8. The fourth-order valence-corrected chi connectivity index (χ4v) is 7.68. The van der Waals surface area contributed by atoms with Gasteiger partial charge in [-0.05, 0) is 81.6 Å². The average molecular weight is 665 g/mol. The van der Waals surface area contributed by atoms with Gasteiger partial charge in [0, 0.05) is 21.9 Å². The molecule has 2 aromatic heterocycles. The average Bonchev–Trinajstić information content (AvgIpc) is 3.21. The minimum absolute atomic E-state index is 0.894. The molecule has 0 bridgehead atoms. The summed E-state index contributed by atoms with van der Waals surface area (Å²) >= 11 is 0. The molecule has 52 heavy (non-hydrogen) atoms. The van der Waals surface area contributed by atoms with Crippen molar-refractivity contribution in [3.63, 3.8) is 0 Å². The number of hydrogen-bond donors (Lipinski definition) is 0. The van der Waals surface area contributed by atoms with Crippen LogP contribution >= 0.6 is 0 Å². The Hall–Kier alpha value is -6.64. The molecule has 2 heterocycles. The van der Waals surface area contributed by atoms with E-state index in [2.05, 4.69) is 196 Å². The van der Waals surface area contributed by atoms with Crippen molar-refractivity contribution in [3.05, 3.63) is 193 Å². The zero-order valence-electron chi connectivity index (χ0n) is 29.2. The van der Waals surface area contributed by atoms with E-state index in [9.17, 15) is 0 Å². The largest absolute Gasteiger partial charge is 0.245 e. The van der Waals surface area contributed by atoms with E-state index in [-0.39, 0.29) is 0 Å². The van der Waals surface area contributed by atoms with Gasteiger partial charge in [-0.1, -0.05) is 170 Å². The number of nitrogens with zero attached hydrogens (tertiary/aromatic N) is 2. The van der Waals surface area contributed by atoms with Gasteiger partial charge in [0.05, 0.1) is 22.4 Å². The van der Waals surface area contributed by atoms with Crippen LogP contribution in [0.3, 0.4) is 0 Å². The van der Waals surface area contributed by atoms with Gasteiger partial charge in [0.15, 0.2) is 0 Å². The highest BCUT2D eigenvalue weighted by atomic mass is 14.8. The molecular formula is C50H36N2. The Labute approximate surface area is 304 Å². The van der Waals surface area contributed by atoms with Gasteiger partial charge < -0.3 is 0 Å². The van der Waals surface area contributed by atoms with Crippen LogP contribution in [0.5, 0.6) is 0 Å². The monoisotopic (exact) mass is 664 g/mol. The molecule has 7 aromatic carbocycles. The molecule has 0 fully saturated rings. The molecular weight excluding hydrogens is 629 g/mol. The smallest absolute Gasteiger partial charge is 0.0978 e. The van der Waals surface area contributed by atoms with Crippen molar-refractivity contribution in [1.82, 2.24) is 9.97 Å². The summed E-state index contributed by atoms with van der Waals surface area (Å²) in [6.07, 6.45) is 0. The number of hydrogen-bond acceptors (Lipinski definition) is 2. The lowest BCUT2D eigenvalue weighted by molar-refractivity contribution is 1.33. The summed E-state index contributed by atoms with van der Waals surface area (Å²) in [4.78, 5) is 11.2. The van der Waals surface area contributed by atoms with Crippen molar-refractivity contribution < 1.29 is 0 Å². The Balaban J connectivity index is 1.42. The Morgan fingerprint density at radius 2 is 0.635 bits per heavy atom. The molecule has 9 rings (SSSR count). The summed E-state index contributed by atoms with van der Waals surface area (Å²) in [7, 11) is 0. The van der Waals surface area contributed by atoms with Gasteiger partial charge in [-0.3, -0.25) is 0 Å². The van der Waals surface area contributed by atoms with E-state index in [1.807, 2.05) is 0 Å². The standard InChI is InChI=1S/C50H36N2/c1-33-17-15-27-39(35-19-7-3-8-20-35)47(33)45-31-43(37-23-11-5-12-24-37)41-29-30-42-44(38-25-13-6-14-26-38)32-46(52-50(42)49(41)51-45)48-34(2)18-16-28-40(48)36-21-9-4-10-22-36/h3-32H,1-2H3. The van der Waals surface area contributed by atoms with Crippen molar-refractivity contribution in [2.24, 2.45) is 0 Å². The van der Waals surface area contributed by atoms with Crippen LogP contribution < -0.4 is 0 Å². The number of benzene rings is 7. The highest BCUT2D eigenvalue weighted by Crippen LogP contribution is 2.43. The lowest BCUT2D eigenvalue weighted by atomic mass is 9.89. The lowest BCUT2D eigenvalue weighted by Gasteiger charge is -2.19. The topological polar surface area (TPSA) is 25.8 Å². The Bertz CT molecular complexity index is 2530. The van der Waals surface area contributed by atoms with E-state index in [1.165, 1.54) is 22.3 Å². The zero-order chi connectivity index (χ0) is 35.0. The molecule has 0 spiro atoms. The Morgan fingerprint density at radius 1 is 0.308 bits per heavy atom. The fraction of sp³-hybridized carbons (Fsp3) is 0.0400. The molecule has 0 aliphatic carbocycles. The van der Waals surface area contributed by atoms with E-state index >= 15 is 0 Å². The number of aryl methyl sites for hydroxylation is 2. The van der Waals surface area contributed by atoms with Crippen molar-refractivity contribution >= 4 is 21.8 Å². The van der Waals surface area contributed by atoms with E-state index < -0.39 is 0 Å². The van der Waals surface area contributed by atoms with Crippen LogP contribution in [0.4, 0.5) is 0 Å². The maximum atomic E-state index is 5.62. The highest BCUT2D eigenvalue weighted by Gasteiger charge is 2.21. The SMILES string of the molecule is Cc1cccc(-c2ccccc2)c1-c1cc(-c2ccccc2)c2ccc3c(-c4ccccc4)cc(-c4c(C)cccc4-c4ccccc4)nc3c2n1. The lowest BCUT2D eigenvalue weighted by Crippen LogP contribution is -1.98. The molecule has 0 radical (unpaired) electrons.